The van der Waals surface area contributed by atoms with Gasteiger partial charge in [0.15, 0.2) is 0 Å². The fourth-order valence-corrected chi connectivity index (χ4v) is 1.74. The Bertz CT molecular complexity index is 506. The van der Waals surface area contributed by atoms with Crippen molar-refractivity contribution in [2.45, 2.75) is 33.7 Å². The van der Waals surface area contributed by atoms with E-state index >= 15 is 0 Å². The van der Waals surface area contributed by atoms with Gasteiger partial charge in [-0.25, -0.2) is 9.18 Å². The number of nitrogens with one attached hydrogen (secondary N) is 1. The first-order valence-electron chi connectivity index (χ1n) is 5.92. The number of hydrogen-bond donors (Lipinski definition) is 2. The first-order valence-corrected chi connectivity index (χ1v) is 5.92. The molecule has 1 atom stereocenters. The highest BCUT2D eigenvalue weighted by atomic mass is 19.1. The van der Waals surface area contributed by atoms with Gasteiger partial charge in [0.05, 0.1) is 0 Å². The molecule has 5 heteroatoms. The highest BCUT2D eigenvalue weighted by molar-refractivity contribution is 5.97. The van der Waals surface area contributed by atoms with E-state index in [-0.39, 0.29) is 5.56 Å². The quantitative estimate of drug-likeness (QED) is 0.883. The molecule has 0 radical (unpaired) electrons. The summed E-state index contributed by atoms with van der Waals surface area (Å²) in [5, 5.41) is 11.6. The van der Waals surface area contributed by atoms with Gasteiger partial charge in [0.25, 0.3) is 5.91 Å². The molecular weight excluding hydrogens is 249 g/mol. The normalized spacial score (nSPS) is 12.9. The lowest BCUT2D eigenvalue weighted by molar-refractivity contribution is -0.142. The Balaban J connectivity index is 2.98. The fourth-order valence-electron chi connectivity index (χ4n) is 1.74. The van der Waals surface area contributed by atoms with Crippen molar-refractivity contribution in [1.29, 1.82) is 0 Å². The van der Waals surface area contributed by atoms with Crippen molar-refractivity contribution in [3.05, 3.63) is 35.1 Å². The van der Waals surface area contributed by atoms with Crippen molar-refractivity contribution >= 4 is 11.9 Å². The number of aliphatic carboxylic acids is 1. The number of rotatable bonds is 3. The molecule has 0 saturated carbocycles. The molecule has 0 fully saturated rings. The summed E-state index contributed by atoms with van der Waals surface area (Å²) in [6.07, 6.45) is 0. The molecule has 1 amide bonds. The summed E-state index contributed by atoms with van der Waals surface area (Å²) in [6.45, 7) is 6.78. The molecule has 1 rings (SSSR count). The van der Waals surface area contributed by atoms with E-state index in [1.165, 1.54) is 18.2 Å². The first kappa shape index (κ1) is 15.1. The number of carbonyl (C=O) groups is 2. The van der Waals surface area contributed by atoms with Crippen molar-refractivity contribution in [2.75, 3.05) is 0 Å². The number of hydrogen-bond acceptors (Lipinski definition) is 2. The van der Waals surface area contributed by atoms with E-state index in [9.17, 15) is 14.0 Å². The van der Waals surface area contributed by atoms with Gasteiger partial charge in [-0.1, -0.05) is 20.8 Å². The number of benzene rings is 1. The van der Waals surface area contributed by atoms with Crippen molar-refractivity contribution in [3.8, 4) is 0 Å². The topological polar surface area (TPSA) is 66.4 Å². The van der Waals surface area contributed by atoms with Crippen molar-refractivity contribution in [3.63, 3.8) is 0 Å². The van der Waals surface area contributed by atoms with Crippen LogP contribution in [0.5, 0.6) is 0 Å². The van der Waals surface area contributed by atoms with Crippen LogP contribution in [0.15, 0.2) is 18.2 Å². The second-order valence-electron chi connectivity index (χ2n) is 5.57. The summed E-state index contributed by atoms with van der Waals surface area (Å²) in [4.78, 5) is 23.2. The number of amides is 1. The SMILES string of the molecule is Cc1cc(F)ccc1C(=O)N[C@@H](C(=O)O)C(C)(C)C. The predicted octanol–water partition coefficient (Wildman–Crippen LogP) is 2.36. The monoisotopic (exact) mass is 267 g/mol. The van der Waals surface area contributed by atoms with Crippen LogP contribution in [0.3, 0.4) is 0 Å². The highest BCUT2D eigenvalue weighted by Gasteiger charge is 2.33. The van der Waals surface area contributed by atoms with Crippen LogP contribution in [-0.4, -0.2) is 23.0 Å². The summed E-state index contributed by atoms with van der Waals surface area (Å²) >= 11 is 0. The van der Waals surface area contributed by atoms with Gasteiger partial charge in [0, 0.05) is 5.56 Å². The minimum Gasteiger partial charge on any atom is -0.480 e. The van der Waals surface area contributed by atoms with Crippen LogP contribution < -0.4 is 5.32 Å². The summed E-state index contributed by atoms with van der Waals surface area (Å²) in [7, 11) is 0. The largest absolute Gasteiger partial charge is 0.480 e. The Morgan fingerprint density at radius 1 is 1.32 bits per heavy atom. The Kier molecular flexibility index (Phi) is 4.29. The molecule has 0 spiro atoms. The number of carboxylic acids is 1. The fraction of sp³-hybridized carbons (Fsp3) is 0.429. The lowest BCUT2D eigenvalue weighted by Crippen LogP contribution is -2.49. The van der Waals surface area contributed by atoms with Crippen LogP contribution in [0, 0.1) is 18.2 Å². The third-order valence-corrected chi connectivity index (χ3v) is 2.82. The number of aryl methyl sites for hydroxylation is 1. The molecule has 0 aliphatic heterocycles. The van der Waals surface area contributed by atoms with E-state index in [0.29, 0.717) is 5.56 Å². The Morgan fingerprint density at radius 3 is 2.32 bits per heavy atom. The van der Waals surface area contributed by atoms with Crippen molar-refractivity contribution < 1.29 is 19.1 Å². The van der Waals surface area contributed by atoms with Crippen LogP contribution in [0.25, 0.3) is 0 Å². The predicted molar refractivity (Wildman–Crippen MR) is 69.5 cm³/mol. The van der Waals surface area contributed by atoms with Crippen LogP contribution in [0.2, 0.25) is 0 Å². The van der Waals surface area contributed by atoms with Crippen LogP contribution in [0.1, 0.15) is 36.7 Å². The van der Waals surface area contributed by atoms with Gasteiger partial charge in [-0.05, 0) is 36.1 Å². The number of carbonyl (C=O) groups excluding carboxylic acids is 1. The zero-order valence-corrected chi connectivity index (χ0v) is 11.5. The van der Waals surface area contributed by atoms with Crippen molar-refractivity contribution in [1.82, 2.24) is 5.32 Å². The van der Waals surface area contributed by atoms with Crippen molar-refractivity contribution in [2.24, 2.45) is 5.41 Å². The molecule has 1 aromatic rings. The maximum atomic E-state index is 13.0. The molecule has 4 nitrogen and oxygen atoms in total. The lowest BCUT2D eigenvalue weighted by Gasteiger charge is -2.28. The Hall–Kier alpha value is -1.91. The Labute approximate surface area is 111 Å². The van der Waals surface area contributed by atoms with Gasteiger partial charge in [-0.2, -0.15) is 0 Å². The maximum absolute atomic E-state index is 13.0. The van der Waals surface area contributed by atoms with Gasteiger partial charge in [0.2, 0.25) is 0 Å². The maximum Gasteiger partial charge on any atom is 0.326 e. The van der Waals surface area contributed by atoms with E-state index in [1.54, 1.807) is 27.7 Å². The van der Waals surface area contributed by atoms with E-state index in [0.717, 1.165) is 0 Å². The molecule has 0 saturated heterocycles. The molecule has 0 aliphatic rings. The highest BCUT2D eigenvalue weighted by Crippen LogP contribution is 2.20. The van der Waals surface area contributed by atoms with Gasteiger partial charge in [-0.15, -0.1) is 0 Å². The van der Waals surface area contributed by atoms with Gasteiger partial charge >= 0.3 is 5.97 Å². The summed E-state index contributed by atoms with van der Waals surface area (Å²) in [5.41, 5.74) is 0.127. The standard InChI is InChI=1S/C14H18FNO3/c1-8-7-9(15)5-6-10(8)12(17)16-11(13(18)19)14(2,3)4/h5-7,11H,1-4H3,(H,16,17)(H,18,19)/t11-/m0/s1. The molecular formula is C14H18FNO3. The van der Waals surface area contributed by atoms with Crippen LogP contribution in [-0.2, 0) is 4.79 Å². The van der Waals surface area contributed by atoms with E-state index < -0.39 is 29.2 Å². The summed E-state index contributed by atoms with van der Waals surface area (Å²) in [5.74, 6) is -2.04. The lowest BCUT2D eigenvalue weighted by atomic mass is 9.86. The molecule has 0 unspecified atom stereocenters. The van der Waals surface area contributed by atoms with E-state index in [4.69, 9.17) is 5.11 Å². The molecule has 0 bridgehead atoms. The summed E-state index contributed by atoms with van der Waals surface area (Å²) in [6, 6.07) is 2.75. The average molecular weight is 267 g/mol. The van der Waals surface area contributed by atoms with Gasteiger partial charge in [0.1, 0.15) is 11.9 Å². The zero-order valence-electron chi connectivity index (χ0n) is 11.5. The van der Waals surface area contributed by atoms with Crippen LogP contribution in [0.4, 0.5) is 4.39 Å². The smallest absolute Gasteiger partial charge is 0.326 e. The molecule has 104 valence electrons. The van der Waals surface area contributed by atoms with Gasteiger partial charge < -0.3 is 10.4 Å². The molecule has 0 heterocycles. The number of carboxylic acid groups (broad SMARTS) is 1. The van der Waals surface area contributed by atoms with Crippen LogP contribution >= 0.6 is 0 Å². The van der Waals surface area contributed by atoms with E-state index in [1.807, 2.05) is 0 Å². The molecule has 0 aliphatic carbocycles. The second kappa shape index (κ2) is 5.38. The molecule has 19 heavy (non-hydrogen) atoms. The first-order chi connectivity index (χ1) is 8.62. The van der Waals surface area contributed by atoms with E-state index in [2.05, 4.69) is 5.32 Å². The third-order valence-electron chi connectivity index (χ3n) is 2.82. The third kappa shape index (κ3) is 3.77. The van der Waals surface area contributed by atoms with Gasteiger partial charge in [-0.3, -0.25) is 4.79 Å². The molecule has 1 aromatic carbocycles. The zero-order chi connectivity index (χ0) is 14.8. The average Bonchev–Trinajstić information content (AvgIpc) is 2.23. The summed E-state index contributed by atoms with van der Waals surface area (Å²) < 4.78 is 13.0. The minimum absolute atomic E-state index is 0.275. The molecule has 0 aromatic heterocycles. The minimum atomic E-state index is -1.10. The Morgan fingerprint density at radius 2 is 1.89 bits per heavy atom. The second-order valence-corrected chi connectivity index (χ2v) is 5.57. The number of halogens is 1. The molecule has 2 N–H and O–H groups in total.